The van der Waals surface area contributed by atoms with Gasteiger partial charge in [-0.2, -0.15) is 5.10 Å². The molecular weight excluding hydrogens is 216 g/mol. The summed E-state index contributed by atoms with van der Waals surface area (Å²) in [6.45, 7) is 0.607. The molecule has 88 valence electrons. The minimum atomic E-state index is -0.638. The van der Waals surface area contributed by atoms with Crippen molar-refractivity contribution in [2.45, 2.75) is 6.54 Å². The van der Waals surface area contributed by atoms with Gasteiger partial charge in [-0.25, -0.2) is 0 Å². The van der Waals surface area contributed by atoms with Crippen LogP contribution in [0, 0.1) is 10.1 Å². The highest BCUT2D eigenvalue weighted by molar-refractivity contribution is 5.96. The van der Waals surface area contributed by atoms with Crippen molar-refractivity contribution >= 4 is 11.6 Å². The SMILES string of the molecule is CNC(=O)c1c([N+](=O)[O-])cnn1CCOC. The Labute approximate surface area is 91.3 Å². The van der Waals surface area contributed by atoms with Gasteiger partial charge in [-0.1, -0.05) is 0 Å². The van der Waals surface area contributed by atoms with Crippen molar-refractivity contribution in [1.82, 2.24) is 15.1 Å². The maximum absolute atomic E-state index is 11.5. The molecule has 1 amide bonds. The Hall–Kier alpha value is -1.96. The summed E-state index contributed by atoms with van der Waals surface area (Å²) in [6, 6.07) is 0. The minimum Gasteiger partial charge on any atom is -0.383 e. The lowest BCUT2D eigenvalue weighted by Gasteiger charge is -2.04. The van der Waals surface area contributed by atoms with E-state index in [9.17, 15) is 14.9 Å². The van der Waals surface area contributed by atoms with Crippen LogP contribution >= 0.6 is 0 Å². The summed E-state index contributed by atoms with van der Waals surface area (Å²) in [4.78, 5) is 21.5. The molecule has 0 aliphatic heterocycles. The first-order chi connectivity index (χ1) is 7.61. The minimum absolute atomic E-state index is 0.0652. The van der Waals surface area contributed by atoms with E-state index in [1.807, 2.05) is 0 Å². The Balaban J connectivity index is 3.09. The van der Waals surface area contributed by atoms with Gasteiger partial charge < -0.3 is 10.1 Å². The third-order valence-corrected chi connectivity index (χ3v) is 1.97. The van der Waals surface area contributed by atoms with E-state index in [2.05, 4.69) is 10.4 Å². The molecule has 8 nitrogen and oxygen atoms in total. The molecule has 0 spiro atoms. The number of hydrogen-bond donors (Lipinski definition) is 1. The number of nitrogens with zero attached hydrogens (tertiary/aromatic N) is 3. The molecule has 1 N–H and O–H groups in total. The van der Waals surface area contributed by atoms with E-state index < -0.39 is 10.8 Å². The zero-order valence-corrected chi connectivity index (χ0v) is 8.97. The van der Waals surface area contributed by atoms with Crippen molar-refractivity contribution in [3.8, 4) is 0 Å². The molecule has 1 rings (SSSR count). The van der Waals surface area contributed by atoms with Crippen LogP contribution in [0.25, 0.3) is 0 Å². The fourth-order valence-electron chi connectivity index (χ4n) is 1.21. The molecule has 1 heterocycles. The lowest BCUT2D eigenvalue weighted by Crippen LogP contribution is -2.24. The molecule has 1 aromatic heterocycles. The predicted molar refractivity (Wildman–Crippen MR) is 54.1 cm³/mol. The van der Waals surface area contributed by atoms with Crippen LogP contribution in [-0.4, -0.2) is 41.4 Å². The van der Waals surface area contributed by atoms with Gasteiger partial charge in [0.05, 0.1) is 18.1 Å². The quantitative estimate of drug-likeness (QED) is 0.555. The summed E-state index contributed by atoms with van der Waals surface area (Å²) in [6.07, 6.45) is 1.06. The van der Waals surface area contributed by atoms with Crippen LogP contribution in [0.3, 0.4) is 0 Å². The summed E-state index contributed by atoms with van der Waals surface area (Å²) >= 11 is 0. The van der Waals surface area contributed by atoms with E-state index in [1.54, 1.807) is 0 Å². The van der Waals surface area contributed by atoms with Crippen molar-refractivity contribution in [3.05, 3.63) is 22.0 Å². The average molecular weight is 228 g/mol. The standard InChI is InChI=1S/C8H12N4O4/c1-9-8(13)7-6(12(14)15)5-10-11(7)3-4-16-2/h5H,3-4H2,1-2H3,(H,9,13). The number of carbonyl (C=O) groups is 1. The van der Waals surface area contributed by atoms with Crippen LogP contribution in [0.1, 0.15) is 10.5 Å². The predicted octanol–water partition coefficient (Wildman–Crippen LogP) is -0.203. The fourth-order valence-corrected chi connectivity index (χ4v) is 1.21. The number of carbonyl (C=O) groups excluding carboxylic acids is 1. The summed E-state index contributed by atoms with van der Waals surface area (Å²) in [7, 11) is 2.90. The number of ether oxygens (including phenoxy) is 1. The first-order valence-electron chi connectivity index (χ1n) is 4.53. The molecule has 16 heavy (non-hydrogen) atoms. The molecule has 0 fully saturated rings. The maximum Gasteiger partial charge on any atom is 0.320 e. The van der Waals surface area contributed by atoms with Gasteiger partial charge in [0.15, 0.2) is 0 Å². The van der Waals surface area contributed by atoms with Gasteiger partial charge >= 0.3 is 5.69 Å². The van der Waals surface area contributed by atoms with E-state index in [0.29, 0.717) is 6.61 Å². The van der Waals surface area contributed by atoms with Gasteiger partial charge in [-0.3, -0.25) is 19.6 Å². The van der Waals surface area contributed by atoms with Crippen molar-refractivity contribution in [1.29, 1.82) is 0 Å². The molecule has 0 atom stereocenters. The lowest BCUT2D eigenvalue weighted by atomic mass is 10.3. The van der Waals surface area contributed by atoms with Crippen molar-refractivity contribution in [3.63, 3.8) is 0 Å². The Morgan fingerprint density at radius 3 is 2.94 bits per heavy atom. The largest absolute Gasteiger partial charge is 0.383 e. The second kappa shape index (κ2) is 5.21. The molecule has 0 saturated heterocycles. The van der Waals surface area contributed by atoms with Gasteiger partial charge in [0.1, 0.15) is 6.20 Å². The highest BCUT2D eigenvalue weighted by Crippen LogP contribution is 2.17. The number of nitro groups is 1. The first-order valence-corrected chi connectivity index (χ1v) is 4.53. The lowest BCUT2D eigenvalue weighted by molar-refractivity contribution is -0.385. The zero-order chi connectivity index (χ0) is 12.1. The molecule has 0 unspecified atom stereocenters. The van der Waals surface area contributed by atoms with E-state index >= 15 is 0 Å². The monoisotopic (exact) mass is 228 g/mol. The third-order valence-electron chi connectivity index (χ3n) is 1.97. The summed E-state index contributed by atoms with van der Waals surface area (Å²) in [5.74, 6) is -0.541. The van der Waals surface area contributed by atoms with Crippen LogP contribution in [-0.2, 0) is 11.3 Å². The summed E-state index contributed by atoms with van der Waals surface area (Å²) < 4.78 is 6.07. The van der Waals surface area contributed by atoms with Gasteiger partial charge in [0.25, 0.3) is 5.91 Å². The first kappa shape index (κ1) is 12.1. The van der Waals surface area contributed by atoms with Crippen molar-refractivity contribution in [2.24, 2.45) is 0 Å². The topological polar surface area (TPSA) is 99.3 Å². The van der Waals surface area contributed by atoms with E-state index in [-0.39, 0.29) is 17.9 Å². The summed E-state index contributed by atoms with van der Waals surface area (Å²) in [5.41, 5.74) is -0.375. The molecule has 8 heteroatoms. The van der Waals surface area contributed by atoms with Crippen molar-refractivity contribution in [2.75, 3.05) is 20.8 Å². The van der Waals surface area contributed by atoms with Gasteiger partial charge in [0, 0.05) is 14.2 Å². The number of nitrogens with one attached hydrogen (secondary N) is 1. The maximum atomic E-state index is 11.5. The molecule has 0 aliphatic rings. The molecule has 0 aromatic carbocycles. The number of rotatable bonds is 5. The Kier molecular flexibility index (Phi) is 3.95. The molecule has 0 aliphatic carbocycles. The van der Waals surface area contributed by atoms with E-state index in [0.717, 1.165) is 6.20 Å². The van der Waals surface area contributed by atoms with E-state index in [1.165, 1.54) is 18.8 Å². The van der Waals surface area contributed by atoms with Crippen LogP contribution in [0.15, 0.2) is 6.20 Å². The van der Waals surface area contributed by atoms with Gasteiger partial charge in [-0.05, 0) is 0 Å². The van der Waals surface area contributed by atoms with Crippen LogP contribution in [0.4, 0.5) is 5.69 Å². The molecule has 0 radical (unpaired) electrons. The van der Waals surface area contributed by atoms with E-state index in [4.69, 9.17) is 4.74 Å². The van der Waals surface area contributed by atoms with Crippen LogP contribution in [0.5, 0.6) is 0 Å². The Morgan fingerprint density at radius 1 is 1.75 bits per heavy atom. The highest BCUT2D eigenvalue weighted by atomic mass is 16.6. The third kappa shape index (κ3) is 2.34. The summed E-state index contributed by atoms with van der Waals surface area (Å²) in [5, 5.41) is 16.8. The normalized spacial score (nSPS) is 10.1. The molecule has 1 aromatic rings. The number of methoxy groups -OCH3 is 1. The Morgan fingerprint density at radius 2 is 2.44 bits per heavy atom. The zero-order valence-electron chi connectivity index (χ0n) is 8.97. The highest BCUT2D eigenvalue weighted by Gasteiger charge is 2.25. The second-order valence-electron chi connectivity index (χ2n) is 2.93. The Bertz CT molecular complexity index is 401. The van der Waals surface area contributed by atoms with Gasteiger partial charge in [0.2, 0.25) is 5.69 Å². The molecule has 0 bridgehead atoms. The van der Waals surface area contributed by atoms with Crippen LogP contribution < -0.4 is 5.32 Å². The average Bonchev–Trinajstić information content (AvgIpc) is 2.69. The van der Waals surface area contributed by atoms with Gasteiger partial charge in [-0.15, -0.1) is 0 Å². The van der Waals surface area contributed by atoms with Crippen molar-refractivity contribution < 1.29 is 14.5 Å². The van der Waals surface area contributed by atoms with Crippen LogP contribution in [0.2, 0.25) is 0 Å². The smallest absolute Gasteiger partial charge is 0.320 e. The molecule has 0 saturated carbocycles. The second-order valence-corrected chi connectivity index (χ2v) is 2.93. The fraction of sp³-hybridized carbons (Fsp3) is 0.500. The number of amides is 1. The molecular formula is C8H12N4O4. The number of hydrogen-bond acceptors (Lipinski definition) is 5. The number of aromatic nitrogens is 2.